The first-order chi connectivity index (χ1) is 7.13. The number of ether oxygens (including phenoxy) is 2. The lowest BCUT2D eigenvalue weighted by Crippen LogP contribution is -2.16. The molecule has 1 aromatic rings. The van der Waals surface area contributed by atoms with Gasteiger partial charge in [0.2, 0.25) is 0 Å². The normalized spacial score (nSPS) is 9.40. The Balaban J connectivity index is 2.82. The molecule has 0 aliphatic carbocycles. The molecule has 0 atom stereocenters. The van der Waals surface area contributed by atoms with Gasteiger partial charge in [0.1, 0.15) is 5.75 Å². The van der Waals surface area contributed by atoms with Crippen molar-refractivity contribution in [2.45, 2.75) is 6.92 Å². The van der Waals surface area contributed by atoms with Crippen molar-refractivity contribution in [2.24, 2.45) is 5.73 Å². The molecule has 0 bridgehead atoms. The van der Waals surface area contributed by atoms with Crippen molar-refractivity contribution in [1.82, 2.24) is 4.98 Å². The Morgan fingerprint density at radius 3 is 3.00 bits per heavy atom. The Kier molecular flexibility index (Phi) is 3.99. The maximum atomic E-state index is 11.3. The molecule has 1 heterocycles. The highest BCUT2D eigenvalue weighted by Crippen LogP contribution is 2.11. The number of pyridine rings is 1. The number of hydrogen-bond acceptors (Lipinski definition) is 5. The average molecular weight is 226 g/mol. The van der Waals surface area contributed by atoms with Gasteiger partial charge in [-0.2, -0.15) is 0 Å². The molecule has 0 aliphatic heterocycles. The zero-order chi connectivity index (χ0) is 11.3. The number of aromatic nitrogens is 1. The van der Waals surface area contributed by atoms with E-state index in [1.165, 1.54) is 12.3 Å². The molecule has 0 saturated carbocycles. The van der Waals surface area contributed by atoms with Crippen LogP contribution in [-0.4, -0.2) is 22.7 Å². The highest BCUT2D eigenvalue weighted by molar-refractivity contribution is 7.80. The van der Waals surface area contributed by atoms with Crippen molar-refractivity contribution in [2.75, 3.05) is 6.61 Å². The Hall–Kier alpha value is -1.69. The first-order valence-corrected chi connectivity index (χ1v) is 4.64. The van der Waals surface area contributed by atoms with E-state index in [2.05, 4.69) is 17.2 Å². The van der Waals surface area contributed by atoms with Crippen LogP contribution in [0.4, 0.5) is 0 Å². The van der Waals surface area contributed by atoms with E-state index < -0.39 is 5.97 Å². The van der Waals surface area contributed by atoms with Crippen molar-refractivity contribution in [3.05, 3.63) is 24.0 Å². The summed E-state index contributed by atoms with van der Waals surface area (Å²) >= 11 is 4.56. The summed E-state index contributed by atoms with van der Waals surface area (Å²) in [4.78, 5) is 15.1. The molecular weight excluding hydrogens is 216 g/mol. The summed E-state index contributed by atoms with van der Waals surface area (Å²) < 4.78 is 9.71. The van der Waals surface area contributed by atoms with Gasteiger partial charge in [-0.3, -0.25) is 0 Å². The third-order valence-corrected chi connectivity index (χ3v) is 1.52. The lowest BCUT2D eigenvalue weighted by atomic mass is 10.3. The van der Waals surface area contributed by atoms with Crippen molar-refractivity contribution in [3.63, 3.8) is 0 Å². The van der Waals surface area contributed by atoms with E-state index in [4.69, 9.17) is 15.2 Å². The molecule has 80 valence electrons. The number of nitrogens with zero attached hydrogens (tertiary/aromatic N) is 1. The van der Waals surface area contributed by atoms with Gasteiger partial charge < -0.3 is 15.2 Å². The highest BCUT2D eigenvalue weighted by Gasteiger charge is 2.09. The van der Waals surface area contributed by atoms with E-state index >= 15 is 0 Å². The molecule has 0 aliphatic rings. The molecule has 0 spiro atoms. The molecule has 0 unspecified atom stereocenters. The molecule has 5 nitrogen and oxygen atoms in total. The molecule has 0 fully saturated rings. The second-order valence-electron chi connectivity index (χ2n) is 2.52. The van der Waals surface area contributed by atoms with Gasteiger partial charge in [0.25, 0.3) is 5.17 Å². The monoisotopic (exact) mass is 226 g/mol. The second kappa shape index (κ2) is 5.26. The average Bonchev–Trinajstić information content (AvgIpc) is 2.17. The first kappa shape index (κ1) is 11.4. The van der Waals surface area contributed by atoms with Gasteiger partial charge in [-0.25, -0.2) is 9.78 Å². The van der Waals surface area contributed by atoms with Gasteiger partial charge in [-0.05, 0) is 25.2 Å². The fourth-order valence-corrected chi connectivity index (χ4v) is 1.00. The van der Waals surface area contributed by atoms with Crippen LogP contribution in [0.1, 0.15) is 17.4 Å². The van der Waals surface area contributed by atoms with E-state index in [-0.39, 0.29) is 10.9 Å². The van der Waals surface area contributed by atoms with E-state index in [1.807, 2.05) is 0 Å². The van der Waals surface area contributed by atoms with Crippen LogP contribution in [0.3, 0.4) is 0 Å². The van der Waals surface area contributed by atoms with Crippen LogP contribution < -0.4 is 10.5 Å². The second-order valence-corrected chi connectivity index (χ2v) is 2.92. The lowest BCUT2D eigenvalue weighted by Gasteiger charge is -2.04. The number of carbonyl (C=O) groups excluding carboxylic acids is 1. The van der Waals surface area contributed by atoms with E-state index in [9.17, 15) is 4.79 Å². The van der Waals surface area contributed by atoms with Crippen LogP contribution in [-0.2, 0) is 4.74 Å². The van der Waals surface area contributed by atoms with Crippen molar-refractivity contribution >= 4 is 23.4 Å². The van der Waals surface area contributed by atoms with Gasteiger partial charge in [0.05, 0.1) is 6.61 Å². The summed E-state index contributed by atoms with van der Waals surface area (Å²) in [5, 5.41) is -0.115. The predicted octanol–water partition coefficient (Wildman–Crippen LogP) is 0.881. The van der Waals surface area contributed by atoms with E-state index in [1.54, 1.807) is 13.0 Å². The number of hydrogen-bond donors (Lipinski definition) is 1. The van der Waals surface area contributed by atoms with Gasteiger partial charge in [0.15, 0.2) is 5.69 Å². The molecule has 0 saturated heterocycles. The number of carbonyl (C=O) groups is 1. The molecule has 0 amide bonds. The summed E-state index contributed by atoms with van der Waals surface area (Å²) in [7, 11) is 0. The standard InChI is InChI=1S/C9H10N2O3S/c1-2-13-8(12)7-5-6(3-4-11-7)14-9(10)15/h3-5H,2H2,1H3,(H2,10,15). The minimum absolute atomic E-state index is 0.115. The number of thiocarbonyl (C=S) groups is 1. The quantitative estimate of drug-likeness (QED) is 0.609. The summed E-state index contributed by atoms with van der Waals surface area (Å²) in [5.41, 5.74) is 5.34. The van der Waals surface area contributed by atoms with E-state index in [0.29, 0.717) is 12.4 Å². The summed E-state index contributed by atoms with van der Waals surface area (Å²) in [6.45, 7) is 2.01. The zero-order valence-corrected chi connectivity index (χ0v) is 8.91. The van der Waals surface area contributed by atoms with Gasteiger partial charge in [-0.15, -0.1) is 0 Å². The number of nitrogens with two attached hydrogens (primary N) is 1. The summed E-state index contributed by atoms with van der Waals surface area (Å²) in [6.07, 6.45) is 1.42. The third-order valence-electron chi connectivity index (χ3n) is 1.43. The number of esters is 1. The molecule has 1 aromatic heterocycles. The Labute approximate surface area is 92.2 Å². The molecule has 0 radical (unpaired) electrons. The minimum atomic E-state index is -0.508. The topological polar surface area (TPSA) is 74.4 Å². The summed E-state index contributed by atoms with van der Waals surface area (Å²) in [6, 6.07) is 2.96. The van der Waals surface area contributed by atoms with Gasteiger partial charge in [-0.1, -0.05) is 0 Å². The largest absolute Gasteiger partial charge is 0.461 e. The highest BCUT2D eigenvalue weighted by atomic mass is 32.1. The summed E-state index contributed by atoms with van der Waals surface area (Å²) in [5.74, 6) is -0.147. The molecule has 15 heavy (non-hydrogen) atoms. The van der Waals surface area contributed by atoms with Crippen LogP contribution in [0.25, 0.3) is 0 Å². The van der Waals surface area contributed by atoms with Crippen LogP contribution in [0.15, 0.2) is 18.3 Å². The van der Waals surface area contributed by atoms with Crippen LogP contribution in [0.2, 0.25) is 0 Å². The van der Waals surface area contributed by atoms with E-state index in [0.717, 1.165) is 0 Å². The van der Waals surface area contributed by atoms with Gasteiger partial charge >= 0.3 is 5.97 Å². The maximum Gasteiger partial charge on any atom is 0.357 e. The lowest BCUT2D eigenvalue weighted by molar-refractivity contribution is 0.0519. The van der Waals surface area contributed by atoms with Gasteiger partial charge in [0, 0.05) is 12.3 Å². The van der Waals surface area contributed by atoms with Crippen molar-refractivity contribution < 1.29 is 14.3 Å². The van der Waals surface area contributed by atoms with Crippen LogP contribution in [0.5, 0.6) is 5.75 Å². The number of rotatable bonds is 3. The first-order valence-electron chi connectivity index (χ1n) is 4.24. The molecule has 2 N–H and O–H groups in total. The minimum Gasteiger partial charge on any atom is -0.461 e. The fourth-order valence-electron chi connectivity index (χ4n) is 0.907. The predicted molar refractivity (Wildman–Crippen MR) is 57.6 cm³/mol. The SMILES string of the molecule is CCOC(=O)c1cc(OC(N)=S)ccn1. The molecule has 1 rings (SSSR count). The van der Waals surface area contributed by atoms with Crippen molar-refractivity contribution in [1.29, 1.82) is 0 Å². The molecule has 0 aromatic carbocycles. The van der Waals surface area contributed by atoms with Crippen LogP contribution in [0, 0.1) is 0 Å². The third kappa shape index (κ3) is 3.51. The Morgan fingerprint density at radius 2 is 2.40 bits per heavy atom. The Bertz CT molecular complexity index is 381. The van der Waals surface area contributed by atoms with Crippen molar-refractivity contribution in [3.8, 4) is 5.75 Å². The smallest absolute Gasteiger partial charge is 0.357 e. The molecule has 6 heteroatoms. The zero-order valence-electron chi connectivity index (χ0n) is 8.10. The van der Waals surface area contributed by atoms with Crippen LogP contribution >= 0.6 is 12.2 Å². The molecular formula is C9H10N2O3S. The maximum absolute atomic E-state index is 11.3. The Morgan fingerprint density at radius 1 is 1.67 bits per heavy atom. The fraction of sp³-hybridized carbons (Fsp3) is 0.222.